The number of carbonyl (C=O) groups is 2. The molecule has 3 aromatic rings. The number of nitrogens with one attached hydrogen (secondary N) is 1. The average Bonchev–Trinajstić information content (AvgIpc) is 2.88. The zero-order valence-corrected chi connectivity index (χ0v) is 20.0. The highest BCUT2D eigenvalue weighted by Gasteiger charge is 2.36. The molecule has 0 aromatic heterocycles. The molecule has 2 amide bonds. The number of ether oxygens (including phenoxy) is 2. The topological polar surface area (TPSA) is 80.2 Å². The number of aliphatic imine (C=N–C) groups is 1. The zero-order chi connectivity index (χ0) is 24.8. The molecule has 1 fully saturated rings. The zero-order valence-electron chi connectivity index (χ0n) is 19.2. The van der Waals surface area contributed by atoms with Gasteiger partial charge in [0.2, 0.25) is 11.8 Å². The number of halogens is 1. The first-order chi connectivity index (χ1) is 16.9. The highest BCUT2D eigenvalue weighted by Crippen LogP contribution is 2.31. The summed E-state index contributed by atoms with van der Waals surface area (Å²) in [4.78, 5) is 32.4. The number of thioether (sulfide) groups is 1. The molecule has 0 aliphatic carbocycles. The minimum Gasteiger partial charge on any atom is -0.497 e. The number of nitrogens with zero attached hydrogens (tertiary/aromatic N) is 2. The van der Waals surface area contributed by atoms with E-state index in [-0.39, 0.29) is 18.2 Å². The van der Waals surface area contributed by atoms with Crippen molar-refractivity contribution < 1.29 is 23.5 Å². The van der Waals surface area contributed by atoms with Crippen LogP contribution in [0.1, 0.15) is 12.0 Å². The standard InChI is InChI=1S/C26H24FN3O4S/c1-33-21-11-3-17(4-12-21)16-30-24(31)15-23(25(32)28-19-7-5-18(27)6-8-19)35-26(30)29-20-9-13-22(34-2)14-10-20/h3-14,23H,15-16H2,1-2H3,(H,28,32)/t23-/m0/s1. The van der Waals surface area contributed by atoms with Crippen molar-refractivity contribution in [3.63, 3.8) is 0 Å². The third kappa shape index (κ3) is 6.19. The van der Waals surface area contributed by atoms with E-state index in [1.54, 1.807) is 43.4 Å². The molecule has 35 heavy (non-hydrogen) atoms. The van der Waals surface area contributed by atoms with Crippen molar-refractivity contribution in [3.05, 3.63) is 84.2 Å². The van der Waals surface area contributed by atoms with Crippen LogP contribution in [0, 0.1) is 5.82 Å². The van der Waals surface area contributed by atoms with Crippen molar-refractivity contribution >= 4 is 40.1 Å². The Morgan fingerprint density at radius 3 is 2.20 bits per heavy atom. The van der Waals surface area contributed by atoms with Crippen molar-refractivity contribution in [1.82, 2.24) is 4.90 Å². The van der Waals surface area contributed by atoms with Gasteiger partial charge in [0, 0.05) is 12.1 Å². The van der Waals surface area contributed by atoms with Crippen molar-refractivity contribution in [2.45, 2.75) is 18.2 Å². The van der Waals surface area contributed by atoms with Crippen LogP contribution >= 0.6 is 11.8 Å². The maximum atomic E-state index is 13.2. The van der Waals surface area contributed by atoms with Crippen LogP contribution in [0.3, 0.4) is 0 Å². The van der Waals surface area contributed by atoms with Crippen LogP contribution < -0.4 is 14.8 Å². The predicted octanol–water partition coefficient (Wildman–Crippen LogP) is 5.00. The minimum absolute atomic E-state index is 0.00941. The largest absolute Gasteiger partial charge is 0.497 e. The van der Waals surface area contributed by atoms with Gasteiger partial charge in [0.1, 0.15) is 22.6 Å². The lowest BCUT2D eigenvalue weighted by Crippen LogP contribution is -2.44. The van der Waals surface area contributed by atoms with Crippen molar-refractivity contribution in [2.24, 2.45) is 4.99 Å². The molecule has 4 rings (SSSR count). The van der Waals surface area contributed by atoms with Crippen LogP contribution in [0.15, 0.2) is 77.8 Å². The van der Waals surface area contributed by atoms with E-state index in [0.29, 0.717) is 28.8 Å². The molecular weight excluding hydrogens is 469 g/mol. The van der Waals surface area contributed by atoms with Gasteiger partial charge < -0.3 is 14.8 Å². The Kier molecular flexibility index (Phi) is 7.67. The molecule has 180 valence electrons. The van der Waals surface area contributed by atoms with Gasteiger partial charge in [-0.15, -0.1) is 0 Å². The number of hydrogen-bond acceptors (Lipinski definition) is 6. The fourth-order valence-corrected chi connectivity index (χ4v) is 4.53. The number of rotatable bonds is 7. The van der Waals surface area contributed by atoms with E-state index in [4.69, 9.17) is 9.47 Å². The Bertz CT molecular complexity index is 1210. The molecule has 1 atom stereocenters. The molecule has 0 bridgehead atoms. The van der Waals surface area contributed by atoms with E-state index >= 15 is 0 Å². The van der Waals surface area contributed by atoms with Crippen LogP contribution in [0.4, 0.5) is 15.8 Å². The molecule has 9 heteroatoms. The summed E-state index contributed by atoms with van der Waals surface area (Å²) in [5.74, 6) is 0.451. The molecule has 3 aromatic carbocycles. The summed E-state index contributed by atoms with van der Waals surface area (Å²) >= 11 is 1.22. The number of hydrogen-bond donors (Lipinski definition) is 1. The highest BCUT2D eigenvalue weighted by atomic mass is 32.2. The Morgan fingerprint density at radius 2 is 1.60 bits per heavy atom. The average molecular weight is 494 g/mol. The third-order valence-electron chi connectivity index (χ3n) is 5.34. The summed E-state index contributed by atoms with van der Waals surface area (Å²) < 4.78 is 23.6. The van der Waals surface area contributed by atoms with E-state index in [2.05, 4.69) is 10.3 Å². The molecule has 1 aliphatic rings. The van der Waals surface area contributed by atoms with Crippen LogP contribution in [0.2, 0.25) is 0 Å². The lowest BCUT2D eigenvalue weighted by Gasteiger charge is -2.32. The van der Waals surface area contributed by atoms with E-state index in [0.717, 1.165) is 11.3 Å². The van der Waals surface area contributed by atoms with Gasteiger partial charge in [-0.1, -0.05) is 23.9 Å². The van der Waals surface area contributed by atoms with Gasteiger partial charge in [0.05, 0.1) is 26.5 Å². The molecule has 0 saturated carbocycles. The van der Waals surface area contributed by atoms with Gasteiger partial charge in [-0.25, -0.2) is 9.38 Å². The van der Waals surface area contributed by atoms with Gasteiger partial charge in [-0.3, -0.25) is 14.5 Å². The monoisotopic (exact) mass is 493 g/mol. The van der Waals surface area contributed by atoms with E-state index in [9.17, 15) is 14.0 Å². The molecule has 7 nitrogen and oxygen atoms in total. The summed E-state index contributed by atoms with van der Waals surface area (Å²) in [7, 11) is 3.17. The number of carbonyl (C=O) groups excluding carboxylic acids is 2. The number of benzene rings is 3. The van der Waals surface area contributed by atoms with Crippen LogP contribution in [0.5, 0.6) is 11.5 Å². The second-order valence-electron chi connectivity index (χ2n) is 7.73. The fraction of sp³-hybridized carbons (Fsp3) is 0.192. The number of amides is 2. The Balaban J connectivity index is 1.58. The second kappa shape index (κ2) is 11.1. The fourth-order valence-electron chi connectivity index (χ4n) is 3.43. The Labute approximate surface area is 207 Å². The first kappa shape index (κ1) is 24.3. The van der Waals surface area contributed by atoms with Crippen LogP contribution in [-0.2, 0) is 16.1 Å². The second-order valence-corrected chi connectivity index (χ2v) is 8.90. The number of anilines is 1. The van der Waals surface area contributed by atoms with Gasteiger partial charge >= 0.3 is 0 Å². The summed E-state index contributed by atoms with van der Waals surface area (Å²) in [6.45, 7) is 0.303. The summed E-state index contributed by atoms with van der Waals surface area (Å²) in [6, 6.07) is 20.0. The Morgan fingerprint density at radius 1 is 1.00 bits per heavy atom. The van der Waals surface area contributed by atoms with Gasteiger partial charge in [0.15, 0.2) is 5.17 Å². The molecular formula is C26H24FN3O4S. The molecule has 0 radical (unpaired) electrons. The number of methoxy groups -OCH3 is 2. The third-order valence-corrected chi connectivity index (χ3v) is 6.53. The molecule has 1 saturated heterocycles. The van der Waals surface area contributed by atoms with E-state index < -0.39 is 11.1 Å². The Hall–Kier alpha value is -3.85. The predicted molar refractivity (Wildman–Crippen MR) is 135 cm³/mol. The molecule has 0 spiro atoms. The van der Waals surface area contributed by atoms with Gasteiger partial charge in [-0.05, 0) is 66.2 Å². The minimum atomic E-state index is -0.684. The van der Waals surface area contributed by atoms with Crippen molar-refractivity contribution in [2.75, 3.05) is 19.5 Å². The molecule has 0 unspecified atom stereocenters. The normalized spacial score (nSPS) is 16.8. The molecule has 1 aliphatic heterocycles. The molecule has 1 N–H and O–H groups in total. The highest BCUT2D eigenvalue weighted by molar-refractivity contribution is 8.15. The van der Waals surface area contributed by atoms with E-state index in [1.165, 1.54) is 36.0 Å². The first-order valence-electron chi connectivity index (χ1n) is 10.8. The lowest BCUT2D eigenvalue weighted by molar-refractivity contribution is -0.129. The molecule has 1 heterocycles. The smallest absolute Gasteiger partial charge is 0.238 e. The van der Waals surface area contributed by atoms with Crippen LogP contribution in [0.25, 0.3) is 0 Å². The van der Waals surface area contributed by atoms with E-state index in [1.807, 2.05) is 24.3 Å². The lowest BCUT2D eigenvalue weighted by atomic mass is 10.2. The summed E-state index contributed by atoms with van der Waals surface area (Å²) in [5.41, 5.74) is 1.98. The maximum Gasteiger partial charge on any atom is 0.238 e. The van der Waals surface area contributed by atoms with Crippen molar-refractivity contribution in [3.8, 4) is 11.5 Å². The summed E-state index contributed by atoms with van der Waals surface area (Å²) in [6.07, 6.45) is 0.00941. The maximum absolute atomic E-state index is 13.2. The van der Waals surface area contributed by atoms with Crippen LogP contribution in [-0.4, -0.2) is 41.4 Å². The number of amidine groups is 1. The SMILES string of the molecule is COc1ccc(CN2C(=O)C[C@@H](C(=O)Nc3ccc(F)cc3)SC2=Nc2ccc(OC)cc2)cc1. The summed E-state index contributed by atoms with van der Waals surface area (Å²) in [5, 5.41) is 2.49. The van der Waals surface area contributed by atoms with Gasteiger partial charge in [-0.2, -0.15) is 0 Å². The quantitative estimate of drug-likeness (QED) is 0.501. The van der Waals surface area contributed by atoms with Crippen molar-refractivity contribution in [1.29, 1.82) is 0 Å². The first-order valence-corrected chi connectivity index (χ1v) is 11.7. The van der Waals surface area contributed by atoms with Gasteiger partial charge in [0.25, 0.3) is 0 Å².